The van der Waals surface area contributed by atoms with Crippen LogP contribution in [0.25, 0.3) is 0 Å². The molecule has 1 aliphatic heterocycles. The van der Waals surface area contributed by atoms with Crippen molar-refractivity contribution in [3.8, 4) is 0 Å². The van der Waals surface area contributed by atoms with E-state index in [9.17, 15) is 4.79 Å². The van der Waals surface area contributed by atoms with E-state index in [0.717, 1.165) is 0 Å². The molecule has 1 aliphatic rings. The first-order valence-corrected chi connectivity index (χ1v) is 2.61. The quantitative estimate of drug-likeness (QED) is 0.518. The maximum Gasteiger partial charge on any atom is 0.177 e. The van der Waals surface area contributed by atoms with Crippen molar-refractivity contribution in [1.29, 1.82) is 0 Å². The summed E-state index contributed by atoms with van der Waals surface area (Å²) in [4.78, 5) is 10.5. The number of nitrogens with two attached hydrogens (primary N) is 1. The molecular weight excluding hydrogens is 142 g/mol. The maximum atomic E-state index is 10.5. The molecule has 9 heavy (non-hydrogen) atoms. The van der Waals surface area contributed by atoms with E-state index in [1.54, 1.807) is 6.92 Å². The topological polar surface area (TPSA) is 52.3 Å². The van der Waals surface area contributed by atoms with Gasteiger partial charge in [-0.1, -0.05) is 0 Å². The van der Waals surface area contributed by atoms with Crippen molar-refractivity contribution < 1.29 is 9.53 Å². The van der Waals surface area contributed by atoms with E-state index >= 15 is 0 Å². The molecule has 0 aromatic rings. The van der Waals surface area contributed by atoms with Crippen LogP contribution in [0.3, 0.4) is 0 Å². The van der Waals surface area contributed by atoms with Crippen molar-refractivity contribution >= 4 is 18.2 Å². The molecule has 54 valence electrons. The van der Waals surface area contributed by atoms with Gasteiger partial charge >= 0.3 is 0 Å². The minimum Gasteiger partial charge on any atom is -0.369 e. The smallest absolute Gasteiger partial charge is 0.177 e. The van der Waals surface area contributed by atoms with Gasteiger partial charge in [-0.25, -0.2) is 0 Å². The third-order valence-corrected chi connectivity index (χ3v) is 1.37. The summed E-state index contributed by atoms with van der Waals surface area (Å²) in [6.07, 6.45) is -0.0810. The number of ketones is 1. The fraction of sp³-hybridized carbons (Fsp3) is 0.800. The van der Waals surface area contributed by atoms with Gasteiger partial charge in [-0.15, -0.1) is 12.4 Å². The normalized spacial score (nSPS) is 34.2. The van der Waals surface area contributed by atoms with E-state index in [4.69, 9.17) is 10.5 Å². The summed E-state index contributed by atoms with van der Waals surface area (Å²) >= 11 is 0. The van der Waals surface area contributed by atoms with Gasteiger partial charge in [0, 0.05) is 0 Å². The van der Waals surface area contributed by atoms with Gasteiger partial charge in [0.25, 0.3) is 0 Å². The molecule has 0 saturated carbocycles. The van der Waals surface area contributed by atoms with Crippen LogP contribution in [0.4, 0.5) is 0 Å². The lowest BCUT2D eigenvalue weighted by Gasteiger charge is -2.03. The number of carbonyl (C=O) groups excluding carboxylic acids is 1. The molecule has 0 aliphatic carbocycles. The lowest BCUT2D eigenvalue weighted by Crippen LogP contribution is -2.33. The minimum atomic E-state index is -0.380. The van der Waals surface area contributed by atoms with Crippen molar-refractivity contribution in [2.45, 2.75) is 19.1 Å². The second-order valence-corrected chi connectivity index (χ2v) is 2.01. The Morgan fingerprint density at radius 2 is 2.33 bits per heavy atom. The Morgan fingerprint density at radius 3 is 2.44 bits per heavy atom. The molecule has 2 N–H and O–H groups in total. The fourth-order valence-corrected chi connectivity index (χ4v) is 0.675. The first-order chi connectivity index (χ1) is 3.72. The number of carbonyl (C=O) groups is 1. The lowest BCUT2D eigenvalue weighted by molar-refractivity contribution is -0.118. The van der Waals surface area contributed by atoms with E-state index in [1.807, 2.05) is 0 Å². The fourth-order valence-electron chi connectivity index (χ4n) is 0.675. The zero-order chi connectivity index (χ0) is 6.15. The van der Waals surface area contributed by atoms with Gasteiger partial charge in [0.05, 0.1) is 12.1 Å². The third-order valence-electron chi connectivity index (χ3n) is 1.37. The summed E-state index contributed by atoms with van der Waals surface area (Å²) in [5.41, 5.74) is 5.35. The Morgan fingerprint density at radius 1 is 1.78 bits per heavy atom. The molecule has 1 fully saturated rings. The number of hydrogen-bond donors (Lipinski definition) is 1. The van der Waals surface area contributed by atoms with E-state index < -0.39 is 0 Å². The molecular formula is C5H10ClNO2. The van der Waals surface area contributed by atoms with Crippen molar-refractivity contribution in [1.82, 2.24) is 0 Å². The van der Waals surface area contributed by atoms with Crippen molar-refractivity contribution in [3.05, 3.63) is 0 Å². The Hall–Kier alpha value is -0.120. The number of hydrogen-bond acceptors (Lipinski definition) is 3. The maximum absolute atomic E-state index is 10.5. The van der Waals surface area contributed by atoms with Crippen LogP contribution in [-0.4, -0.2) is 24.5 Å². The van der Waals surface area contributed by atoms with E-state index in [1.165, 1.54) is 0 Å². The largest absolute Gasteiger partial charge is 0.369 e. The van der Waals surface area contributed by atoms with Gasteiger partial charge in [0.2, 0.25) is 0 Å². The molecule has 1 heterocycles. The number of rotatable bonds is 0. The summed E-state index contributed by atoms with van der Waals surface area (Å²) in [6, 6.07) is -0.380. The predicted molar refractivity (Wildman–Crippen MR) is 35.6 cm³/mol. The number of halogens is 1. The van der Waals surface area contributed by atoms with E-state index in [2.05, 4.69) is 0 Å². The molecule has 3 nitrogen and oxygen atoms in total. The highest BCUT2D eigenvalue weighted by Gasteiger charge is 2.28. The summed E-state index contributed by atoms with van der Waals surface area (Å²) in [6.45, 7) is 2.00. The molecule has 0 spiro atoms. The highest BCUT2D eigenvalue weighted by atomic mass is 35.5. The Balaban J connectivity index is 0.000000640. The zero-order valence-corrected chi connectivity index (χ0v) is 5.98. The Labute approximate surface area is 60.0 Å². The lowest BCUT2D eigenvalue weighted by atomic mass is 10.2. The van der Waals surface area contributed by atoms with Crippen molar-refractivity contribution in [2.24, 2.45) is 5.73 Å². The van der Waals surface area contributed by atoms with Gasteiger partial charge in [0.15, 0.2) is 5.78 Å². The average Bonchev–Trinajstić information content (AvgIpc) is 1.98. The predicted octanol–water partition coefficient (Wildman–Crippen LogP) is -0.277. The molecule has 0 aromatic carbocycles. The van der Waals surface area contributed by atoms with Gasteiger partial charge in [-0.2, -0.15) is 0 Å². The monoisotopic (exact) mass is 151 g/mol. The van der Waals surface area contributed by atoms with Crippen LogP contribution in [0, 0.1) is 0 Å². The first kappa shape index (κ1) is 8.88. The highest BCUT2D eigenvalue weighted by molar-refractivity contribution is 5.87. The second kappa shape index (κ2) is 3.15. The highest BCUT2D eigenvalue weighted by Crippen LogP contribution is 2.05. The van der Waals surface area contributed by atoms with Crippen LogP contribution >= 0.6 is 12.4 Å². The molecule has 1 saturated heterocycles. The number of Topliss-reactive ketones (excluding diaryl/α,β-unsaturated/α-hetero) is 1. The molecule has 0 bridgehead atoms. The van der Waals surface area contributed by atoms with Gasteiger partial charge in [-0.3, -0.25) is 4.79 Å². The van der Waals surface area contributed by atoms with Gasteiger partial charge in [0.1, 0.15) is 6.61 Å². The molecule has 1 rings (SSSR count). The third kappa shape index (κ3) is 1.64. The molecule has 0 unspecified atom stereocenters. The first-order valence-electron chi connectivity index (χ1n) is 2.61. The van der Waals surface area contributed by atoms with Crippen molar-refractivity contribution in [2.75, 3.05) is 6.61 Å². The van der Waals surface area contributed by atoms with Crippen LogP contribution in [-0.2, 0) is 9.53 Å². The van der Waals surface area contributed by atoms with E-state index in [-0.39, 0.29) is 36.9 Å². The van der Waals surface area contributed by atoms with Crippen LogP contribution < -0.4 is 5.73 Å². The zero-order valence-electron chi connectivity index (χ0n) is 5.16. The van der Waals surface area contributed by atoms with Crippen LogP contribution in [0.1, 0.15) is 6.92 Å². The SMILES string of the molecule is C[C@H]1OCC(=O)[C@H]1N.Cl. The molecule has 0 aromatic heterocycles. The Bertz CT molecular complexity index is 118. The molecule has 0 radical (unpaired) electrons. The average molecular weight is 152 g/mol. The molecule has 4 heteroatoms. The van der Waals surface area contributed by atoms with Gasteiger partial charge in [-0.05, 0) is 6.92 Å². The summed E-state index contributed by atoms with van der Waals surface area (Å²) in [5.74, 6) is 0.0116. The standard InChI is InChI=1S/C5H9NO2.ClH/c1-3-5(6)4(7)2-8-3;/h3,5H,2,6H2,1H3;1H/t3-,5+;/m1./s1. The number of ether oxygens (including phenoxy) is 1. The van der Waals surface area contributed by atoms with Gasteiger partial charge < -0.3 is 10.5 Å². The second-order valence-electron chi connectivity index (χ2n) is 2.01. The Kier molecular flexibility index (Phi) is 3.11. The van der Waals surface area contributed by atoms with E-state index in [0.29, 0.717) is 0 Å². The summed E-state index contributed by atoms with van der Waals surface area (Å²) < 4.78 is 4.90. The molecule has 0 amide bonds. The summed E-state index contributed by atoms with van der Waals surface area (Å²) in [5, 5.41) is 0. The molecule has 2 atom stereocenters. The van der Waals surface area contributed by atoms with Crippen LogP contribution in [0.2, 0.25) is 0 Å². The minimum absolute atomic E-state index is 0. The summed E-state index contributed by atoms with van der Waals surface area (Å²) in [7, 11) is 0. The van der Waals surface area contributed by atoms with Crippen LogP contribution in [0.5, 0.6) is 0 Å². The van der Waals surface area contributed by atoms with Crippen molar-refractivity contribution in [3.63, 3.8) is 0 Å². The van der Waals surface area contributed by atoms with Crippen LogP contribution in [0.15, 0.2) is 0 Å².